The fourth-order valence-corrected chi connectivity index (χ4v) is 2.72. The fraction of sp³-hybridized carbons (Fsp3) is 0.250. The molecule has 2 aromatic carbocycles. The lowest BCUT2D eigenvalue weighted by Gasteiger charge is -2.19. The van der Waals surface area contributed by atoms with Gasteiger partial charge in [0.25, 0.3) is 0 Å². The van der Waals surface area contributed by atoms with Gasteiger partial charge >= 0.3 is 0 Å². The van der Waals surface area contributed by atoms with Crippen LogP contribution in [0, 0.1) is 0 Å². The first-order valence-corrected chi connectivity index (χ1v) is 7.19. The first-order valence-electron chi connectivity index (χ1n) is 6.43. The summed E-state index contributed by atoms with van der Waals surface area (Å²) in [5.74, 6) is 0. The summed E-state index contributed by atoms with van der Waals surface area (Å²) in [5.41, 5.74) is 2.25. The molecule has 0 aliphatic rings. The fourth-order valence-electron chi connectivity index (χ4n) is 2.17. The summed E-state index contributed by atoms with van der Waals surface area (Å²) < 4.78 is 0. The molecular weight excluding hydrogens is 277 g/mol. The van der Waals surface area contributed by atoms with Crippen LogP contribution in [0.3, 0.4) is 0 Å². The third kappa shape index (κ3) is 3.73. The Hall–Kier alpha value is -1.02. The first kappa shape index (κ1) is 14.4. The third-order valence-corrected chi connectivity index (χ3v) is 3.83. The van der Waals surface area contributed by atoms with Crippen molar-refractivity contribution in [2.45, 2.75) is 19.4 Å². The van der Waals surface area contributed by atoms with Crippen molar-refractivity contribution in [2.75, 3.05) is 6.54 Å². The van der Waals surface area contributed by atoms with Crippen LogP contribution in [0.4, 0.5) is 0 Å². The third-order valence-electron chi connectivity index (χ3n) is 3.12. The molecule has 1 nitrogen and oxygen atoms in total. The van der Waals surface area contributed by atoms with E-state index in [0.29, 0.717) is 0 Å². The van der Waals surface area contributed by atoms with Gasteiger partial charge < -0.3 is 5.32 Å². The molecule has 2 aromatic rings. The molecule has 0 saturated carbocycles. The van der Waals surface area contributed by atoms with E-state index in [-0.39, 0.29) is 6.04 Å². The van der Waals surface area contributed by atoms with Gasteiger partial charge in [-0.3, -0.25) is 0 Å². The minimum Gasteiger partial charge on any atom is -0.310 e. The van der Waals surface area contributed by atoms with Crippen molar-refractivity contribution in [3.05, 3.63) is 69.7 Å². The van der Waals surface area contributed by atoms with Crippen molar-refractivity contribution in [2.24, 2.45) is 0 Å². The normalized spacial score (nSPS) is 12.4. The van der Waals surface area contributed by atoms with E-state index in [1.54, 1.807) is 0 Å². The molecule has 0 fully saturated rings. The van der Waals surface area contributed by atoms with Crippen molar-refractivity contribution in [3.8, 4) is 0 Å². The molecule has 19 heavy (non-hydrogen) atoms. The van der Waals surface area contributed by atoms with E-state index in [2.05, 4.69) is 24.4 Å². The average Bonchev–Trinajstić information content (AvgIpc) is 2.43. The van der Waals surface area contributed by atoms with E-state index in [1.165, 1.54) is 5.56 Å². The summed E-state index contributed by atoms with van der Waals surface area (Å²) in [6.45, 7) is 3.01. The summed E-state index contributed by atoms with van der Waals surface area (Å²) >= 11 is 12.5. The second-order valence-electron chi connectivity index (χ2n) is 4.43. The lowest BCUT2D eigenvalue weighted by atomic mass is 9.98. The van der Waals surface area contributed by atoms with E-state index >= 15 is 0 Å². The molecule has 0 amide bonds. The Kier molecular flexibility index (Phi) is 5.26. The maximum atomic E-state index is 6.25. The van der Waals surface area contributed by atoms with Gasteiger partial charge in [0.15, 0.2) is 0 Å². The average molecular weight is 294 g/mol. The van der Waals surface area contributed by atoms with Gasteiger partial charge in [0.2, 0.25) is 0 Å². The maximum Gasteiger partial charge on any atom is 0.0453 e. The van der Waals surface area contributed by atoms with Crippen LogP contribution in [0.1, 0.15) is 24.1 Å². The van der Waals surface area contributed by atoms with Crippen LogP contribution in [0.25, 0.3) is 0 Å². The van der Waals surface area contributed by atoms with Gasteiger partial charge in [-0.2, -0.15) is 0 Å². The van der Waals surface area contributed by atoms with Crippen LogP contribution in [0.15, 0.2) is 48.5 Å². The van der Waals surface area contributed by atoms with Crippen LogP contribution in [-0.4, -0.2) is 6.54 Å². The number of hydrogen-bond donors (Lipinski definition) is 1. The highest BCUT2D eigenvalue weighted by molar-refractivity contribution is 6.36. The largest absolute Gasteiger partial charge is 0.310 e. The SMILES string of the molecule is CCNC(Cc1c(Cl)cccc1Cl)c1ccccc1. The summed E-state index contributed by atoms with van der Waals surface area (Å²) in [4.78, 5) is 0. The van der Waals surface area contributed by atoms with Gasteiger partial charge in [-0.15, -0.1) is 0 Å². The van der Waals surface area contributed by atoms with E-state index in [4.69, 9.17) is 23.2 Å². The second-order valence-corrected chi connectivity index (χ2v) is 5.24. The van der Waals surface area contributed by atoms with Gasteiger partial charge in [-0.05, 0) is 36.2 Å². The highest BCUT2D eigenvalue weighted by Gasteiger charge is 2.14. The molecule has 0 bridgehead atoms. The summed E-state index contributed by atoms with van der Waals surface area (Å²) in [6, 6.07) is 16.2. The molecule has 3 heteroatoms. The number of benzene rings is 2. The van der Waals surface area contributed by atoms with E-state index in [0.717, 1.165) is 28.6 Å². The number of hydrogen-bond acceptors (Lipinski definition) is 1. The summed E-state index contributed by atoms with van der Waals surface area (Å²) in [5, 5.41) is 4.94. The predicted molar refractivity (Wildman–Crippen MR) is 83.0 cm³/mol. The summed E-state index contributed by atoms with van der Waals surface area (Å²) in [6.07, 6.45) is 0.788. The Labute approximate surface area is 124 Å². The van der Waals surface area contributed by atoms with Crippen molar-refractivity contribution < 1.29 is 0 Å². The van der Waals surface area contributed by atoms with Gasteiger partial charge in [-0.25, -0.2) is 0 Å². The smallest absolute Gasteiger partial charge is 0.0453 e. The second kappa shape index (κ2) is 6.95. The van der Waals surface area contributed by atoms with Crippen LogP contribution in [0.5, 0.6) is 0 Å². The zero-order chi connectivity index (χ0) is 13.7. The minimum absolute atomic E-state index is 0.226. The minimum atomic E-state index is 0.226. The van der Waals surface area contributed by atoms with Gasteiger partial charge in [0.1, 0.15) is 0 Å². The molecule has 0 aromatic heterocycles. The van der Waals surface area contributed by atoms with Crippen LogP contribution >= 0.6 is 23.2 Å². The standard InChI is InChI=1S/C16H17Cl2N/c1-2-19-16(12-7-4-3-5-8-12)11-13-14(17)9-6-10-15(13)18/h3-10,16,19H,2,11H2,1H3. The van der Waals surface area contributed by atoms with Crippen molar-refractivity contribution in [1.82, 2.24) is 5.32 Å². The van der Waals surface area contributed by atoms with Gasteiger partial charge in [0.05, 0.1) is 0 Å². The van der Waals surface area contributed by atoms with Crippen LogP contribution in [-0.2, 0) is 6.42 Å². The number of nitrogens with one attached hydrogen (secondary N) is 1. The van der Waals surface area contributed by atoms with E-state index < -0.39 is 0 Å². The molecule has 0 aliphatic heterocycles. The van der Waals surface area contributed by atoms with Crippen molar-refractivity contribution in [3.63, 3.8) is 0 Å². The number of rotatable bonds is 5. The highest BCUT2D eigenvalue weighted by Crippen LogP contribution is 2.29. The number of likely N-dealkylation sites (N-methyl/N-ethyl adjacent to an activating group) is 1. The Morgan fingerprint density at radius 1 is 0.947 bits per heavy atom. The molecule has 0 aliphatic carbocycles. The van der Waals surface area contributed by atoms with Crippen LogP contribution < -0.4 is 5.32 Å². The van der Waals surface area contributed by atoms with E-state index in [1.807, 2.05) is 36.4 Å². The molecule has 0 spiro atoms. The lowest BCUT2D eigenvalue weighted by Crippen LogP contribution is -2.23. The molecule has 1 unspecified atom stereocenters. The lowest BCUT2D eigenvalue weighted by molar-refractivity contribution is 0.550. The van der Waals surface area contributed by atoms with E-state index in [9.17, 15) is 0 Å². The van der Waals surface area contributed by atoms with Crippen LogP contribution in [0.2, 0.25) is 10.0 Å². The Morgan fingerprint density at radius 2 is 1.58 bits per heavy atom. The predicted octanol–water partition coefficient (Wildman–Crippen LogP) is 4.89. The Bertz CT molecular complexity index is 505. The molecule has 100 valence electrons. The Morgan fingerprint density at radius 3 is 2.16 bits per heavy atom. The first-order chi connectivity index (χ1) is 9.22. The topological polar surface area (TPSA) is 12.0 Å². The molecular formula is C16H17Cl2N. The van der Waals surface area contributed by atoms with Gasteiger partial charge in [-0.1, -0.05) is 66.5 Å². The van der Waals surface area contributed by atoms with Crippen molar-refractivity contribution >= 4 is 23.2 Å². The zero-order valence-corrected chi connectivity index (χ0v) is 12.4. The molecule has 0 saturated heterocycles. The van der Waals surface area contributed by atoms with Gasteiger partial charge in [0, 0.05) is 16.1 Å². The molecule has 2 rings (SSSR count). The summed E-state index contributed by atoms with van der Waals surface area (Å²) in [7, 11) is 0. The monoisotopic (exact) mass is 293 g/mol. The maximum absolute atomic E-state index is 6.25. The quantitative estimate of drug-likeness (QED) is 0.828. The Balaban J connectivity index is 2.27. The number of halogens is 2. The molecule has 0 radical (unpaired) electrons. The molecule has 0 heterocycles. The zero-order valence-electron chi connectivity index (χ0n) is 10.9. The molecule has 1 N–H and O–H groups in total. The highest BCUT2D eigenvalue weighted by atomic mass is 35.5. The molecule has 1 atom stereocenters. The van der Waals surface area contributed by atoms with Crippen molar-refractivity contribution in [1.29, 1.82) is 0 Å².